The third kappa shape index (κ3) is 4.67. The van der Waals surface area contributed by atoms with Crippen molar-refractivity contribution in [3.63, 3.8) is 0 Å². The van der Waals surface area contributed by atoms with Gasteiger partial charge in [-0.3, -0.25) is 0 Å². The minimum Gasteiger partial charge on any atom is -0.470 e. The number of benzene rings is 1. The van der Waals surface area contributed by atoms with E-state index in [1.807, 2.05) is 12.1 Å². The number of hydrogen-bond donors (Lipinski definition) is 2. The van der Waals surface area contributed by atoms with E-state index < -0.39 is 0 Å². The summed E-state index contributed by atoms with van der Waals surface area (Å²) in [6, 6.07) is 8.37. The molecule has 3 heterocycles. The molecule has 3 N–H and O–H groups in total. The van der Waals surface area contributed by atoms with E-state index in [0.29, 0.717) is 18.3 Å². The molecule has 0 radical (unpaired) electrons. The number of anilines is 2. The number of nitrogens with one attached hydrogen (secondary N) is 1. The quantitative estimate of drug-likeness (QED) is 0.589. The van der Waals surface area contributed by atoms with Gasteiger partial charge in [-0.25, -0.2) is 15.0 Å². The van der Waals surface area contributed by atoms with Gasteiger partial charge in [0.2, 0.25) is 0 Å². The molecule has 0 unspecified atom stereocenters. The molecule has 2 aliphatic rings. The van der Waals surface area contributed by atoms with Gasteiger partial charge in [-0.1, -0.05) is 0 Å². The van der Waals surface area contributed by atoms with Gasteiger partial charge in [0.15, 0.2) is 5.82 Å². The fourth-order valence-electron chi connectivity index (χ4n) is 4.22. The molecule has 0 amide bonds. The van der Waals surface area contributed by atoms with Gasteiger partial charge < -0.3 is 20.7 Å². The number of nitrogens with zero attached hydrogens (tertiary/aromatic N) is 4. The molecule has 32 heavy (non-hydrogen) atoms. The molecular formula is C25H30N6O. The van der Waals surface area contributed by atoms with E-state index in [9.17, 15) is 0 Å². The third-order valence-electron chi connectivity index (χ3n) is 6.28. The standard InChI is InChI=1S/C25H30N6O/c1-16-9-19(11-20-14-31(2)8-6-21(16)20)22-13-29-24(26)25(30-22)32-15-18-5-7-27-23(10-18)28-12-17-3-4-17/h5,7,9-11,13,17H,3-4,6,8,12,14-15H2,1-2H3,(H2,26,29)(H,27,28). The summed E-state index contributed by atoms with van der Waals surface area (Å²) in [4.78, 5) is 15.8. The summed E-state index contributed by atoms with van der Waals surface area (Å²) in [5.41, 5.74) is 13.0. The Bertz CT molecular complexity index is 1130. The van der Waals surface area contributed by atoms with Crippen LogP contribution >= 0.6 is 0 Å². The van der Waals surface area contributed by atoms with E-state index >= 15 is 0 Å². The molecule has 7 nitrogen and oxygen atoms in total. The van der Waals surface area contributed by atoms with Gasteiger partial charge in [0.25, 0.3) is 5.88 Å². The zero-order valence-electron chi connectivity index (χ0n) is 18.8. The first kappa shape index (κ1) is 20.7. The summed E-state index contributed by atoms with van der Waals surface area (Å²) in [5, 5.41) is 3.40. The predicted molar refractivity (Wildman–Crippen MR) is 126 cm³/mol. The number of nitrogen functional groups attached to an aromatic ring is 1. The average molecular weight is 431 g/mol. The Hall–Kier alpha value is -3.19. The van der Waals surface area contributed by atoms with E-state index in [2.05, 4.69) is 46.3 Å². The number of pyridine rings is 1. The van der Waals surface area contributed by atoms with Crippen molar-refractivity contribution in [2.75, 3.05) is 31.2 Å². The van der Waals surface area contributed by atoms with E-state index in [1.165, 1.54) is 29.5 Å². The Balaban J connectivity index is 1.33. The lowest BCUT2D eigenvalue weighted by Gasteiger charge is -2.27. The third-order valence-corrected chi connectivity index (χ3v) is 6.28. The maximum absolute atomic E-state index is 6.08. The maximum atomic E-state index is 6.08. The van der Waals surface area contributed by atoms with Crippen molar-refractivity contribution in [1.82, 2.24) is 19.9 Å². The molecule has 0 atom stereocenters. The van der Waals surface area contributed by atoms with Crippen LogP contribution in [-0.4, -0.2) is 40.0 Å². The smallest absolute Gasteiger partial charge is 0.258 e. The SMILES string of the molecule is Cc1cc(-c2cnc(N)c(OCc3ccnc(NCC4CC4)c3)n2)cc2c1CCN(C)C2. The monoisotopic (exact) mass is 430 g/mol. The lowest BCUT2D eigenvalue weighted by Crippen LogP contribution is -2.27. The van der Waals surface area contributed by atoms with Crippen LogP contribution in [0.1, 0.15) is 35.1 Å². The number of likely N-dealkylation sites (N-methyl/N-ethyl adjacent to an activating group) is 1. The van der Waals surface area contributed by atoms with Gasteiger partial charge in [0, 0.05) is 31.4 Å². The van der Waals surface area contributed by atoms with E-state index in [4.69, 9.17) is 15.5 Å². The Labute approximate surface area is 189 Å². The first-order valence-electron chi connectivity index (χ1n) is 11.3. The molecular weight excluding hydrogens is 400 g/mol. The van der Waals surface area contributed by atoms with Crippen LogP contribution in [0.4, 0.5) is 11.6 Å². The van der Waals surface area contributed by atoms with Crippen molar-refractivity contribution >= 4 is 11.6 Å². The van der Waals surface area contributed by atoms with Crippen LogP contribution in [0.15, 0.2) is 36.7 Å². The van der Waals surface area contributed by atoms with Gasteiger partial charge in [0.05, 0.1) is 11.9 Å². The zero-order valence-corrected chi connectivity index (χ0v) is 18.8. The summed E-state index contributed by atoms with van der Waals surface area (Å²) in [7, 11) is 2.16. The number of hydrogen-bond acceptors (Lipinski definition) is 7. The number of rotatable bonds is 7. The minimum absolute atomic E-state index is 0.296. The number of aromatic nitrogens is 3. The highest BCUT2D eigenvalue weighted by atomic mass is 16.5. The minimum atomic E-state index is 0.296. The fraction of sp³-hybridized carbons (Fsp3) is 0.400. The Morgan fingerprint density at radius 2 is 2.09 bits per heavy atom. The van der Waals surface area contributed by atoms with Gasteiger partial charge in [-0.05, 0) is 85.7 Å². The van der Waals surface area contributed by atoms with Gasteiger partial charge in [-0.15, -0.1) is 0 Å². The fourth-order valence-corrected chi connectivity index (χ4v) is 4.22. The van der Waals surface area contributed by atoms with Crippen molar-refractivity contribution in [3.05, 3.63) is 58.9 Å². The highest BCUT2D eigenvalue weighted by Gasteiger charge is 2.21. The molecule has 1 fully saturated rings. The first-order chi connectivity index (χ1) is 15.5. The predicted octanol–water partition coefficient (Wildman–Crippen LogP) is 3.82. The second kappa shape index (κ2) is 8.74. The van der Waals surface area contributed by atoms with Crippen molar-refractivity contribution in [1.29, 1.82) is 0 Å². The van der Waals surface area contributed by atoms with E-state index in [0.717, 1.165) is 54.6 Å². The lowest BCUT2D eigenvalue weighted by molar-refractivity contribution is 0.295. The second-order valence-electron chi connectivity index (χ2n) is 9.03. The topological polar surface area (TPSA) is 89.2 Å². The molecule has 1 aliphatic carbocycles. The molecule has 1 saturated carbocycles. The van der Waals surface area contributed by atoms with Crippen molar-refractivity contribution in [3.8, 4) is 17.1 Å². The van der Waals surface area contributed by atoms with Crippen LogP contribution in [0, 0.1) is 12.8 Å². The summed E-state index contributed by atoms with van der Waals surface area (Å²) in [5.74, 6) is 2.33. The van der Waals surface area contributed by atoms with Crippen molar-refractivity contribution in [2.24, 2.45) is 5.92 Å². The molecule has 1 aromatic carbocycles. The number of ether oxygens (including phenoxy) is 1. The van der Waals surface area contributed by atoms with Crippen LogP contribution in [-0.2, 0) is 19.6 Å². The highest BCUT2D eigenvalue weighted by molar-refractivity contribution is 5.64. The van der Waals surface area contributed by atoms with Gasteiger partial charge >= 0.3 is 0 Å². The molecule has 5 rings (SSSR count). The highest BCUT2D eigenvalue weighted by Crippen LogP contribution is 2.30. The van der Waals surface area contributed by atoms with Gasteiger partial charge in [-0.2, -0.15) is 0 Å². The summed E-state index contributed by atoms with van der Waals surface area (Å²) in [6.07, 6.45) is 7.23. The summed E-state index contributed by atoms with van der Waals surface area (Å²) >= 11 is 0. The van der Waals surface area contributed by atoms with Gasteiger partial charge in [0.1, 0.15) is 12.4 Å². The van der Waals surface area contributed by atoms with Crippen LogP contribution in [0.25, 0.3) is 11.3 Å². The Morgan fingerprint density at radius 3 is 2.94 bits per heavy atom. The molecule has 166 valence electrons. The summed E-state index contributed by atoms with van der Waals surface area (Å²) in [6.45, 7) is 5.56. The lowest BCUT2D eigenvalue weighted by atomic mass is 9.92. The molecule has 0 bridgehead atoms. The van der Waals surface area contributed by atoms with Crippen LogP contribution in [0.3, 0.4) is 0 Å². The second-order valence-corrected chi connectivity index (χ2v) is 9.03. The number of fused-ring (bicyclic) bond motifs is 1. The van der Waals surface area contributed by atoms with E-state index in [-0.39, 0.29) is 0 Å². The van der Waals surface area contributed by atoms with E-state index in [1.54, 1.807) is 12.4 Å². The molecule has 0 spiro atoms. The van der Waals surface area contributed by atoms with Crippen molar-refractivity contribution in [2.45, 2.75) is 39.3 Å². The zero-order chi connectivity index (χ0) is 22.1. The Morgan fingerprint density at radius 1 is 1.22 bits per heavy atom. The van der Waals surface area contributed by atoms with Crippen LogP contribution in [0.2, 0.25) is 0 Å². The normalized spacial score (nSPS) is 15.9. The van der Waals surface area contributed by atoms with Crippen LogP contribution < -0.4 is 15.8 Å². The molecule has 3 aromatic rings. The molecule has 0 saturated heterocycles. The molecule has 7 heteroatoms. The Kier molecular flexibility index (Phi) is 5.66. The summed E-state index contributed by atoms with van der Waals surface area (Å²) < 4.78 is 5.98. The van der Waals surface area contributed by atoms with Crippen molar-refractivity contribution < 1.29 is 4.74 Å². The molecule has 2 aromatic heterocycles. The molecule has 1 aliphatic heterocycles. The number of aryl methyl sites for hydroxylation is 1. The van der Waals surface area contributed by atoms with Crippen LogP contribution in [0.5, 0.6) is 5.88 Å². The first-order valence-corrected chi connectivity index (χ1v) is 11.3. The largest absolute Gasteiger partial charge is 0.470 e. The average Bonchev–Trinajstić information content (AvgIpc) is 3.62. The number of nitrogens with two attached hydrogens (primary N) is 1. The maximum Gasteiger partial charge on any atom is 0.258 e.